The second kappa shape index (κ2) is 13.8. The van der Waals surface area contributed by atoms with Crippen LogP contribution in [-0.2, 0) is 35.1 Å². The molecule has 0 radical (unpaired) electrons. The van der Waals surface area contributed by atoms with Crippen molar-refractivity contribution >= 4 is 29.4 Å². The molecule has 15 heteroatoms. The number of carboxylic acids is 1. The topological polar surface area (TPSA) is 139 Å². The van der Waals surface area contributed by atoms with E-state index in [1.54, 1.807) is 0 Å². The van der Waals surface area contributed by atoms with E-state index in [0.717, 1.165) is 17.0 Å². The Labute approximate surface area is 229 Å². The maximum absolute atomic E-state index is 13.8. The van der Waals surface area contributed by atoms with Crippen LogP contribution in [0.2, 0.25) is 0 Å². The minimum atomic E-state index is -1.93. The smallest absolute Gasteiger partial charge is 0.305 e. The van der Waals surface area contributed by atoms with Crippen LogP contribution in [0.25, 0.3) is 0 Å². The molecule has 1 saturated heterocycles. The second-order valence-corrected chi connectivity index (χ2v) is 8.96. The van der Waals surface area contributed by atoms with Crippen LogP contribution in [0, 0.1) is 35.0 Å². The van der Waals surface area contributed by atoms with Gasteiger partial charge in [-0.1, -0.05) is 12.1 Å². The number of benzene rings is 2. The quantitative estimate of drug-likeness (QED) is 0.230. The number of nitrogens with one attached hydrogen (secondary N) is 1. The van der Waals surface area contributed by atoms with Gasteiger partial charge < -0.3 is 24.8 Å². The van der Waals surface area contributed by atoms with Crippen molar-refractivity contribution in [1.82, 2.24) is 10.2 Å². The second-order valence-electron chi connectivity index (χ2n) is 8.96. The molecule has 2 atom stereocenters. The number of rotatable bonds is 11. The Hall–Kier alpha value is -4.40. The van der Waals surface area contributed by atoms with Crippen LogP contribution >= 0.6 is 0 Å². The molecule has 10 nitrogen and oxygen atoms in total. The number of hydrogen-bond acceptors (Lipinski definition) is 7. The van der Waals surface area contributed by atoms with Gasteiger partial charge in [-0.3, -0.25) is 24.0 Å². The Kier molecular flexibility index (Phi) is 10.5. The first-order chi connectivity index (χ1) is 19.4. The number of carboxylic acid groups (broad SMARTS) is 1. The molecule has 220 valence electrons. The van der Waals surface area contributed by atoms with Crippen molar-refractivity contribution in [1.29, 1.82) is 0 Å². The molecule has 3 rings (SSSR count). The van der Waals surface area contributed by atoms with E-state index < -0.39 is 89.2 Å². The predicted octanol–water partition coefficient (Wildman–Crippen LogP) is 1.58. The highest BCUT2D eigenvalue weighted by Crippen LogP contribution is 2.26. The minimum absolute atomic E-state index is 0.0496. The minimum Gasteiger partial charge on any atom is -0.481 e. The third-order valence-corrected chi connectivity index (χ3v) is 5.95. The van der Waals surface area contributed by atoms with E-state index >= 15 is 0 Å². The molecule has 1 heterocycles. The number of ether oxygens (including phenoxy) is 2. The van der Waals surface area contributed by atoms with Gasteiger partial charge in [0.15, 0.2) is 23.2 Å². The Morgan fingerprint density at radius 1 is 1.02 bits per heavy atom. The van der Waals surface area contributed by atoms with E-state index in [-0.39, 0.29) is 38.8 Å². The number of amides is 2. The molecule has 2 N–H and O–H groups in total. The Bertz CT molecular complexity index is 1310. The number of carbonyl (C=O) groups is 5. The maximum atomic E-state index is 13.8. The van der Waals surface area contributed by atoms with Crippen molar-refractivity contribution in [2.45, 2.75) is 18.9 Å². The predicted molar refractivity (Wildman–Crippen MR) is 127 cm³/mol. The lowest BCUT2D eigenvalue weighted by molar-refractivity contribution is -0.145. The lowest BCUT2D eigenvalue weighted by Crippen LogP contribution is -2.50. The van der Waals surface area contributed by atoms with Gasteiger partial charge in [0.05, 0.1) is 25.6 Å². The molecule has 0 aliphatic carbocycles. The van der Waals surface area contributed by atoms with Gasteiger partial charge in [0, 0.05) is 25.6 Å². The summed E-state index contributed by atoms with van der Waals surface area (Å²) in [5.74, 6) is -16.2. The van der Waals surface area contributed by atoms with E-state index in [4.69, 9.17) is 9.84 Å². The lowest BCUT2D eigenvalue weighted by atomic mass is 10.0. The number of Topliss-reactive ketones (excluding diaryl/α,β-unsaturated/α-hetero) is 2. The van der Waals surface area contributed by atoms with Gasteiger partial charge >= 0.3 is 5.97 Å². The van der Waals surface area contributed by atoms with Gasteiger partial charge in [0.25, 0.3) is 5.91 Å². The van der Waals surface area contributed by atoms with E-state index in [1.807, 2.05) is 0 Å². The normalized spacial score (nSPS) is 15.9. The molecular weight excluding hydrogens is 563 g/mol. The molecule has 2 aromatic carbocycles. The molecule has 0 unspecified atom stereocenters. The Balaban J connectivity index is 1.66. The first kappa shape index (κ1) is 31.1. The summed E-state index contributed by atoms with van der Waals surface area (Å²) >= 11 is 0. The standard InChI is InChI=1S/C26H23F5N2O8/c27-15-3-1-13(2-4-15)7-19(34)26(39)33-5-6-40-11-14(10-33)25(38)32-18(9-21(36)37)20(35)12-41-24-22(30)16(28)8-17(29)23(24)31/h1-4,8,14,18H,5-7,9-12H2,(H,32,38)(H,36,37)/t14-,18+/m1/s1. The molecule has 1 fully saturated rings. The number of nitrogens with zero attached hydrogens (tertiary/aromatic N) is 1. The molecule has 1 aliphatic heterocycles. The Morgan fingerprint density at radius 2 is 1.66 bits per heavy atom. The van der Waals surface area contributed by atoms with Crippen molar-refractivity contribution in [3.63, 3.8) is 0 Å². The first-order valence-corrected chi connectivity index (χ1v) is 12.0. The van der Waals surface area contributed by atoms with E-state index in [0.29, 0.717) is 5.56 Å². The van der Waals surface area contributed by atoms with Gasteiger partial charge in [0.1, 0.15) is 18.5 Å². The van der Waals surface area contributed by atoms with E-state index in [9.17, 15) is 45.9 Å². The van der Waals surface area contributed by atoms with Crippen LogP contribution in [0.1, 0.15) is 12.0 Å². The monoisotopic (exact) mass is 586 g/mol. The van der Waals surface area contributed by atoms with E-state index in [2.05, 4.69) is 10.1 Å². The zero-order chi connectivity index (χ0) is 30.3. The molecule has 0 saturated carbocycles. The molecule has 0 spiro atoms. The number of ketones is 2. The third-order valence-electron chi connectivity index (χ3n) is 5.95. The SMILES string of the molecule is O=C(O)C[C@H](NC(=O)[C@H]1COCCN(C(=O)C(=O)Cc2ccc(F)cc2)C1)C(=O)COc1c(F)c(F)cc(F)c1F. The van der Waals surface area contributed by atoms with Crippen molar-refractivity contribution in [3.8, 4) is 5.75 Å². The number of halogens is 5. The van der Waals surface area contributed by atoms with E-state index in [1.165, 1.54) is 12.1 Å². The van der Waals surface area contributed by atoms with Crippen molar-refractivity contribution < 1.29 is 60.5 Å². The van der Waals surface area contributed by atoms with Crippen LogP contribution in [0.15, 0.2) is 30.3 Å². The van der Waals surface area contributed by atoms with Crippen LogP contribution in [0.3, 0.4) is 0 Å². The summed E-state index contributed by atoms with van der Waals surface area (Å²) in [5, 5.41) is 11.3. The molecular formula is C26H23F5N2O8. The summed E-state index contributed by atoms with van der Waals surface area (Å²) in [6.45, 7) is -2.00. The maximum Gasteiger partial charge on any atom is 0.305 e. The average Bonchev–Trinajstić information content (AvgIpc) is 3.18. The average molecular weight is 586 g/mol. The number of carbonyl (C=O) groups excluding carboxylic acids is 4. The fourth-order valence-corrected chi connectivity index (χ4v) is 3.82. The first-order valence-electron chi connectivity index (χ1n) is 12.0. The van der Waals surface area contributed by atoms with Crippen molar-refractivity contribution in [2.75, 3.05) is 32.9 Å². The van der Waals surface area contributed by atoms with Crippen LogP contribution in [-0.4, -0.2) is 78.3 Å². The summed E-state index contributed by atoms with van der Waals surface area (Å²) in [6, 6.07) is 3.02. The summed E-state index contributed by atoms with van der Waals surface area (Å²) in [7, 11) is 0. The summed E-state index contributed by atoms with van der Waals surface area (Å²) in [5.41, 5.74) is 0.378. The number of aliphatic carboxylic acids is 1. The zero-order valence-corrected chi connectivity index (χ0v) is 21.1. The summed E-state index contributed by atoms with van der Waals surface area (Å²) < 4.78 is 77.4. The highest BCUT2D eigenvalue weighted by Gasteiger charge is 2.33. The molecule has 0 bridgehead atoms. The summed E-state index contributed by atoms with van der Waals surface area (Å²) in [6.07, 6.45) is -1.33. The van der Waals surface area contributed by atoms with Gasteiger partial charge in [0.2, 0.25) is 23.3 Å². The lowest BCUT2D eigenvalue weighted by Gasteiger charge is -2.24. The molecule has 2 aromatic rings. The van der Waals surface area contributed by atoms with Crippen molar-refractivity contribution in [2.24, 2.45) is 5.92 Å². The molecule has 0 aromatic heterocycles. The van der Waals surface area contributed by atoms with Crippen molar-refractivity contribution in [3.05, 3.63) is 65.0 Å². The molecule has 41 heavy (non-hydrogen) atoms. The summed E-state index contributed by atoms with van der Waals surface area (Å²) in [4.78, 5) is 63.1. The van der Waals surface area contributed by atoms with Gasteiger partial charge in [-0.25, -0.2) is 13.2 Å². The highest BCUT2D eigenvalue weighted by molar-refractivity contribution is 6.36. The highest BCUT2D eigenvalue weighted by atomic mass is 19.2. The van der Waals surface area contributed by atoms with Gasteiger partial charge in [-0.2, -0.15) is 8.78 Å². The molecule has 2 amide bonds. The van der Waals surface area contributed by atoms with Crippen LogP contribution < -0.4 is 10.1 Å². The van der Waals surface area contributed by atoms with Gasteiger partial charge in [-0.15, -0.1) is 0 Å². The van der Waals surface area contributed by atoms with Crippen LogP contribution in [0.4, 0.5) is 22.0 Å². The fraction of sp³-hybridized carbons (Fsp3) is 0.346. The zero-order valence-electron chi connectivity index (χ0n) is 21.1. The molecule has 1 aliphatic rings. The largest absolute Gasteiger partial charge is 0.481 e. The van der Waals surface area contributed by atoms with Crippen LogP contribution in [0.5, 0.6) is 5.75 Å². The van der Waals surface area contributed by atoms with Gasteiger partial charge in [-0.05, 0) is 17.7 Å². The third kappa shape index (κ3) is 8.30. The number of hydrogen-bond donors (Lipinski definition) is 2. The Morgan fingerprint density at radius 3 is 2.27 bits per heavy atom. The fourth-order valence-electron chi connectivity index (χ4n) is 3.82.